The topological polar surface area (TPSA) is 126 Å². The second-order valence-corrected chi connectivity index (χ2v) is 15.8. The van der Waals surface area contributed by atoms with Gasteiger partial charge in [-0.15, -0.1) is 11.3 Å². The summed E-state index contributed by atoms with van der Waals surface area (Å²) in [5.74, 6) is 0.880. The zero-order valence-electron chi connectivity index (χ0n) is 36.3. The fourth-order valence-corrected chi connectivity index (χ4v) is 7.83. The first kappa shape index (κ1) is 48.0. The molecule has 0 bridgehead atoms. The van der Waals surface area contributed by atoms with Crippen LogP contribution in [-0.2, 0) is 9.53 Å². The lowest BCUT2D eigenvalue weighted by Crippen LogP contribution is -2.38. The second-order valence-electron chi connectivity index (χ2n) is 14.8. The predicted molar refractivity (Wildman–Crippen MR) is 256 cm³/mol. The van der Waals surface area contributed by atoms with Gasteiger partial charge in [-0.05, 0) is 117 Å². The largest absolute Gasteiger partial charge is 0.508 e. The van der Waals surface area contributed by atoms with Crippen molar-refractivity contribution in [3.63, 3.8) is 0 Å². The Morgan fingerprint density at radius 3 is 1.95 bits per heavy atom. The van der Waals surface area contributed by atoms with Gasteiger partial charge in [0.2, 0.25) is 5.91 Å². The van der Waals surface area contributed by atoms with Crippen LogP contribution in [0.1, 0.15) is 74.2 Å². The number of allylic oxidation sites excluding steroid dienone is 12. The van der Waals surface area contributed by atoms with Gasteiger partial charge in [0, 0.05) is 65.2 Å². The van der Waals surface area contributed by atoms with Crippen LogP contribution in [0.15, 0.2) is 140 Å². The van der Waals surface area contributed by atoms with Crippen LogP contribution in [-0.4, -0.2) is 80.3 Å². The van der Waals surface area contributed by atoms with Gasteiger partial charge in [0.15, 0.2) is 5.78 Å². The molecule has 0 unspecified atom stereocenters. The van der Waals surface area contributed by atoms with Crippen LogP contribution < -0.4 is 20.1 Å². The van der Waals surface area contributed by atoms with E-state index in [1.807, 2.05) is 18.2 Å². The van der Waals surface area contributed by atoms with E-state index in [1.165, 1.54) is 11.3 Å². The molecule has 1 aromatic heterocycles. The van der Waals surface area contributed by atoms with E-state index in [2.05, 4.69) is 89.3 Å². The number of carbonyl (C=O) groups is 3. The molecule has 11 heteroatoms. The number of ether oxygens (including phenoxy) is 3. The number of carbonyl (C=O) groups excluding carboxylic acids is 3. The highest BCUT2D eigenvalue weighted by Crippen LogP contribution is 2.41. The predicted octanol–water partition coefficient (Wildman–Crippen LogP) is 10.9. The maximum atomic E-state index is 14.1. The van der Waals surface area contributed by atoms with Gasteiger partial charge >= 0.3 is 6.09 Å². The maximum Gasteiger partial charge on any atom is 0.412 e. The molecule has 10 nitrogen and oxygen atoms in total. The van der Waals surface area contributed by atoms with Crippen molar-refractivity contribution in [2.45, 2.75) is 58.3 Å². The van der Waals surface area contributed by atoms with E-state index in [1.54, 1.807) is 54.6 Å². The summed E-state index contributed by atoms with van der Waals surface area (Å²) < 4.78 is 17.7. The molecule has 0 saturated carbocycles. The summed E-state index contributed by atoms with van der Waals surface area (Å²) in [6.07, 6.45) is 31.9. The first-order chi connectivity index (χ1) is 30.9. The number of rotatable bonds is 25. The lowest BCUT2D eigenvalue weighted by molar-refractivity contribution is -0.120. The maximum absolute atomic E-state index is 14.1. The quantitative estimate of drug-likeness (QED) is 0.0341. The highest BCUT2D eigenvalue weighted by molar-refractivity contribution is 7.22. The number of benzene rings is 3. The van der Waals surface area contributed by atoms with Gasteiger partial charge in [-0.25, -0.2) is 4.79 Å². The first-order valence-corrected chi connectivity index (χ1v) is 22.8. The van der Waals surface area contributed by atoms with Crippen LogP contribution in [0, 0.1) is 0 Å². The summed E-state index contributed by atoms with van der Waals surface area (Å²) in [6, 6.07) is 19.1. The highest BCUT2D eigenvalue weighted by Gasteiger charge is 2.23. The molecule has 63 heavy (non-hydrogen) atoms. The summed E-state index contributed by atoms with van der Waals surface area (Å²) >= 11 is 1.40. The molecule has 3 aromatic carbocycles. The summed E-state index contributed by atoms with van der Waals surface area (Å²) in [6.45, 7) is 7.22. The van der Waals surface area contributed by atoms with E-state index in [-0.39, 0.29) is 30.5 Å². The minimum atomic E-state index is -0.652. The van der Waals surface area contributed by atoms with Crippen LogP contribution in [0.5, 0.6) is 17.2 Å². The number of ketones is 1. The molecule has 1 aliphatic heterocycles. The Hall–Kier alpha value is -6.01. The SMILES string of the molecule is CCC=CCC=CCC=CCC=CCC=CCC=CCCC(=O)NCCNC(=O)Oc1ccc2c(C(=O)c3ccc(OCCN4CCOCC4)cc3)c(-c3ccc(O)cc3)sc2c1. The molecule has 1 fully saturated rings. The number of hydrogen-bond acceptors (Lipinski definition) is 9. The Kier molecular flexibility index (Phi) is 21.2. The molecule has 332 valence electrons. The Balaban J connectivity index is 1.01. The van der Waals surface area contributed by atoms with E-state index in [9.17, 15) is 19.5 Å². The molecule has 1 aliphatic rings. The average molecular weight is 872 g/mol. The Morgan fingerprint density at radius 2 is 1.32 bits per heavy atom. The van der Waals surface area contributed by atoms with Crippen molar-refractivity contribution in [1.29, 1.82) is 0 Å². The lowest BCUT2D eigenvalue weighted by atomic mass is 9.97. The van der Waals surface area contributed by atoms with Crippen molar-refractivity contribution in [2.75, 3.05) is 52.5 Å². The van der Waals surface area contributed by atoms with Gasteiger partial charge in [0.1, 0.15) is 23.9 Å². The van der Waals surface area contributed by atoms with Gasteiger partial charge in [0.05, 0.1) is 13.2 Å². The highest BCUT2D eigenvalue weighted by atomic mass is 32.1. The number of nitrogens with one attached hydrogen (secondary N) is 2. The molecule has 1 saturated heterocycles. The fourth-order valence-electron chi connectivity index (χ4n) is 6.60. The second kappa shape index (κ2) is 27.8. The van der Waals surface area contributed by atoms with E-state index in [4.69, 9.17) is 14.2 Å². The number of hydrogen-bond donors (Lipinski definition) is 3. The van der Waals surface area contributed by atoms with E-state index < -0.39 is 6.09 Å². The first-order valence-electron chi connectivity index (χ1n) is 22.0. The Labute approximate surface area is 376 Å². The molecule has 4 aromatic rings. The number of aromatic hydroxyl groups is 1. The van der Waals surface area contributed by atoms with Crippen molar-refractivity contribution in [3.8, 4) is 27.7 Å². The van der Waals surface area contributed by atoms with Crippen molar-refractivity contribution in [2.24, 2.45) is 0 Å². The summed E-state index contributed by atoms with van der Waals surface area (Å²) in [7, 11) is 0. The van der Waals surface area contributed by atoms with Crippen LogP contribution in [0.2, 0.25) is 0 Å². The van der Waals surface area contributed by atoms with E-state index >= 15 is 0 Å². The number of fused-ring (bicyclic) bond motifs is 1. The number of phenolic OH excluding ortho intramolecular Hbond substituents is 1. The average Bonchev–Trinajstić information content (AvgIpc) is 3.68. The zero-order chi connectivity index (χ0) is 44.3. The zero-order valence-corrected chi connectivity index (χ0v) is 37.2. The molecule has 0 spiro atoms. The van der Waals surface area contributed by atoms with Crippen LogP contribution >= 0.6 is 11.3 Å². The van der Waals surface area contributed by atoms with Gasteiger partial charge in [-0.1, -0.05) is 79.8 Å². The number of thiophene rings is 1. The molecule has 0 atom stereocenters. The Morgan fingerprint density at radius 1 is 0.730 bits per heavy atom. The minimum Gasteiger partial charge on any atom is -0.508 e. The van der Waals surface area contributed by atoms with Crippen molar-refractivity contribution in [1.82, 2.24) is 15.5 Å². The number of amides is 2. The molecule has 3 N–H and O–H groups in total. The van der Waals surface area contributed by atoms with Gasteiger partial charge in [-0.3, -0.25) is 14.5 Å². The van der Waals surface area contributed by atoms with Crippen molar-refractivity contribution < 1.29 is 33.7 Å². The molecule has 5 rings (SSSR count). The summed E-state index contributed by atoms with van der Waals surface area (Å²) in [5, 5.41) is 16.2. The Bertz CT molecular complexity index is 2210. The van der Waals surface area contributed by atoms with E-state index in [0.717, 1.165) is 91.9 Å². The fraction of sp³-hybridized carbons (Fsp3) is 0.327. The smallest absolute Gasteiger partial charge is 0.412 e. The van der Waals surface area contributed by atoms with Crippen molar-refractivity contribution in [3.05, 3.63) is 151 Å². The number of phenols is 1. The van der Waals surface area contributed by atoms with E-state index in [0.29, 0.717) is 42.1 Å². The third-order valence-corrected chi connectivity index (χ3v) is 11.2. The molecule has 0 aliphatic carbocycles. The summed E-state index contributed by atoms with van der Waals surface area (Å²) in [5.41, 5.74) is 1.81. The monoisotopic (exact) mass is 871 g/mol. The van der Waals surface area contributed by atoms with Gasteiger partial charge in [-0.2, -0.15) is 0 Å². The normalized spacial score (nSPS) is 13.7. The number of nitrogens with zero attached hydrogens (tertiary/aromatic N) is 1. The third-order valence-electron chi connectivity index (χ3n) is 9.98. The van der Waals surface area contributed by atoms with Gasteiger partial charge in [0.25, 0.3) is 0 Å². The molecule has 0 radical (unpaired) electrons. The summed E-state index contributed by atoms with van der Waals surface area (Å²) in [4.78, 5) is 42.2. The van der Waals surface area contributed by atoms with Crippen LogP contribution in [0.4, 0.5) is 4.79 Å². The third kappa shape index (κ3) is 17.3. The molecule has 2 amide bonds. The van der Waals surface area contributed by atoms with Gasteiger partial charge < -0.3 is 30.0 Å². The molecular weight excluding hydrogens is 811 g/mol. The number of morpholine rings is 1. The standard InChI is InChI=1S/C52H61N3O7S/c1-2-3-4-5-6-7-8-9-10-11-12-13-14-15-16-17-18-19-20-21-48(57)53-32-33-54-52(59)62-45-30-31-46-47(40-45)63-51(42-22-26-43(56)27-23-42)49(46)50(58)41-24-28-44(29-25-41)61-39-36-55-34-37-60-38-35-55/h3-4,6-7,9-10,12-13,15-16,18-19,22-31,40,56H,2,5,8,11,14,17,20-21,32-39H2,1H3,(H,53,57)(H,54,59). The minimum absolute atomic E-state index is 0.0913. The molecular formula is C52H61N3O7S. The van der Waals surface area contributed by atoms with Crippen molar-refractivity contribution >= 4 is 39.2 Å². The lowest BCUT2D eigenvalue weighted by Gasteiger charge is -2.26. The van der Waals surface area contributed by atoms with Crippen LogP contribution in [0.25, 0.3) is 20.5 Å². The molecule has 2 heterocycles. The van der Waals surface area contributed by atoms with Crippen LogP contribution in [0.3, 0.4) is 0 Å².